The van der Waals surface area contributed by atoms with Crippen LogP contribution in [0.5, 0.6) is 0 Å². The standard InChI is InChI=1S/C14H13BrF2N2O/c15-9-6-10(16)12(11(17)7-9)19-13(20)14(8-18)4-2-1-3-5-14/h6-7H,1-5H2,(H,19,20). The van der Waals surface area contributed by atoms with Crippen LogP contribution in [0.15, 0.2) is 16.6 Å². The second-order valence-corrected chi connectivity index (χ2v) is 5.87. The molecule has 0 bridgehead atoms. The highest BCUT2D eigenvalue weighted by Crippen LogP contribution is 2.37. The molecule has 0 radical (unpaired) electrons. The largest absolute Gasteiger partial charge is 0.320 e. The molecule has 0 unspecified atom stereocenters. The number of benzene rings is 1. The molecule has 3 nitrogen and oxygen atoms in total. The molecular weight excluding hydrogens is 330 g/mol. The molecule has 0 aromatic heterocycles. The van der Waals surface area contributed by atoms with Gasteiger partial charge in [-0.05, 0) is 25.0 Å². The molecule has 1 N–H and O–H groups in total. The molecule has 0 spiro atoms. The van der Waals surface area contributed by atoms with E-state index in [9.17, 15) is 18.8 Å². The Bertz CT molecular complexity index is 554. The Kier molecular flexibility index (Phi) is 4.39. The van der Waals surface area contributed by atoms with Crippen LogP contribution in [-0.4, -0.2) is 5.91 Å². The molecule has 2 rings (SSSR count). The second-order valence-electron chi connectivity index (χ2n) is 4.95. The van der Waals surface area contributed by atoms with Gasteiger partial charge in [0.05, 0.1) is 6.07 Å². The van der Waals surface area contributed by atoms with Crippen molar-refractivity contribution in [1.82, 2.24) is 0 Å². The van der Waals surface area contributed by atoms with E-state index >= 15 is 0 Å². The van der Waals surface area contributed by atoms with E-state index in [0.29, 0.717) is 12.8 Å². The summed E-state index contributed by atoms with van der Waals surface area (Å²) in [5, 5.41) is 11.5. The van der Waals surface area contributed by atoms with Crippen LogP contribution in [0.2, 0.25) is 0 Å². The zero-order chi connectivity index (χ0) is 14.8. The lowest BCUT2D eigenvalue weighted by Gasteiger charge is -2.29. The molecule has 0 atom stereocenters. The summed E-state index contributed by atoms with van der Waals surface area (Å²) >= 11 is 2.97. The Morgan fingerprint density at radius 3 is 2.30 bits per heavy atom. The maximum absolute atomic E-state index is 13.7. The lowest BCUT2D eigenvalue weighted by atomic mass is 9.74. The van der Waals surface area contributed by atoms with Gasteiger partial charge in [-0.2, -0.15) is 5.26 Å². The summed E-state index contributed by atoms with van der Waals surface area (Å²) < 4.78 is 27.6. The quantitative estimate of drug-likeness (QED) is 0.877. The number of rotatable bonds is 2. The summed E-state index contributed by atoms with van der Waals surface area (Å²) in [5.41, 5.74) is -1.68. The van der Waals surface area contributed by atoms with Crippen molar-refractivity contribution in [2.24, 2.45) is 5.41 Å². The van der Waals surface area contributed by atoms with E-state index in [2.05, 4.69) is 21.2 Å². The van der Waals surface area contributed by atoms with Crippen molar-refractivity contribution >= 4 is 27.5 Å². The molecule has 1 aromatic rings. The number of carbonyl (C=O) groups excluding carboxylic acids is 1. The smallest absolute Gasteiger partial charge is 0.245 e. The van der Waals surface area contributed by atoms with Crippen LogP contribution < -0.4 is 5.32 Å². The predicted octanol–water partition coefficient (Wildman–Crippen LogP) is 4.14. The predicted molar refractivity (Wildman–Crippen MR) is 73.8 cm³/mol. The molecule has 0 heterocycles. The fraction of sp³-hybridized carbons (Fsp3) is 0.429. The van der Waals surface area contributed by atoms with Gasteiger partial charge >= 0.3 is 0 Å². The molecule has 0 saturated heterocycles. The highest BCUT2D eigenvalue weighted by molar-refractivity contribution is 9.10. The van der Waals surface area contributed by atoms with Gasteiger partial charge in [-0.3, -0.25) is 4.79 Å². The molecule has 1 aliphatic carbocycles. The van der Waals surface area contributed by atoms with Crippen LogP contribution in [-0.2, 0) is 4.79 Å². The minimum absolute atomic E-state index is 0.248. The Morgan fingerprint density at radius 2 is 1.80 bits per heavy atom. The van der Waals surface area contributed by atoms with E-state index < -0.39 is 28.6 Å². The van der Waals surface area contributed by atoms with Crippen LogP contribution in [0.4, 0.5) is 14.5 Å². The fourth-order valence-electron chi connectivity index (χ4n) is 2.44. The van der Waals surface area contributed by atoms with Gasteiger partial charge in [0.25, 0.3) is 0 Å². The van der Waals surface area contributed by atoms with Crippen molar-refractivity contribution in [3.05, 3.63) is 28.2 Å². The summed E-state index contributed by atoms with van der Waals surface area (Å²) in [6.07, 6.45) is 3.36. The number of anilines is 1. The topological polar surface area (TPSA) is 52.9 Å². The average molecular weight is 343 g/mol. The first kappa shape index (κ1) is 14.9. The SMILES string of the molecule is N#CC1(C(=O)Nc2c(F)cc(Br)cc2F)CCCCC1. The first-order chi connectivity index (χ1) is 9.48. The zero-order valence-electron chi connectivity index (χ0n) is 10.7. The van der Waals surface area contributed by atoms with E-state index in [0.717, 1.165) is 31.4 Å². The van der Waals surface area contributed by atoms with Crippen molar-refractivity contribution in [3.63, 3.8) is 0 Å². The Balaban J connectivity index is 2.26. The fourth-order valence-corrected chi connectivity index (χ4v) is 2.84. The number of hydrogen-bond acceptors (Lipinski definition) is 2. The van der Waals surface area contributed by atoms with Gasteiger partial charge in [-0.25, -0.2) is 8.78 Å². The van der Waals surface area contributed by atoms with E-state index in [1.54, 1.807) is 0 Å². The van der Waals surface area contributed by atoms with E-state index in [1.165, 1.54) is 0 Å². The maximum atomic E-state index is 13.7. The number of nitrogens with zero attached hydrogens (tertiary/aromatic N) is 1. The van der Waals surface area contributed by atoms with Crippen molar-refractivity contribution in [2.45, 2.75) is 32.1 Å². The molecule has 20 heavy (non-hydrogen) atoms. The average Bonchev–Trinajstić information content (AvgIpc) is 2.43. The third-order valence-electron chi connectivity index (χ3n) is 3.60. The number of nitrogens with one attached hydrogen (secondary N) is 1. The third-order valence-corrected chi connectivity index (χ3v) is 4.06. The summed E-state index contributed by atoms with van der Waals surface area (Å²) in [7, 11) is 0. The van der Waals surface area contributed by atoms with Gasteiger partial charge in [0.1, 0.15) is 11.1 Å². The van der Waals surface area contributed by atoms with Crippen LogP contribution in [0.3, 0.4) is 0 Å². The minimum Gasteiger partial charge on any atom is -0.320 e. The van der Waals surface area contributed by atoms with Gasteiger partial charge in [-0.1, -0.05) is 35.2 Å². The second kappa shape index (κ2) is 5.88. The van der Waals surface area contributed by atoms with Gasteiger partial charge < -0.3 is 5.32 Å². The van der Waals surface area contributed by atoms with E-state index in [4.69, 9.17) is 0 Å². The minimum atomic E-state index is -1.18. The maximum Gasteiger partial charge on any atom is 0.245 e. The number of halogens is 3. The van der Waals surface area contributed by atoms with Gasteiger partial charge in [0, 0.05) is 4.47 Å². The van der Waals surface area contributed by atoms with E-state index in [1.807, 2.05) is 6.07 Å². The number of nitriles is 1. The Morgan fingerprint density at radius 1 is 1.25 bits per heavy atom. The molecule has 106 valence electrons. The van der Waals surface area contributed by atoms with E-state index in [-0.39, 0.29) is 4.47 Å². The van der Waals surface area contributed by atoms with Gasteiger partial charge in [0.15, 0.2) is 11.6 Å². The number of hydrogen-bond donors (Lipinski definition) is 1. The third kappa shape index (κ3) is 2.83. The normalized spacial score (nSPS) is 17.3. The summed E-state index contributed by atoms with van der Waals surface area (Å²) in [6, 6.07) is 4.16. The van der Waals surface area contributed by atoms with Crippen molar-refractivity contribution in [3.8, 4) is 6.07 Å². The number of amides is 1. The zero-order valence-corrected chi connectivity index (χ0v) is 12.3. The highest BCUT2D eigenvalue weighted by atomic mass is 79.9. The first-order valence-electron chi connectivity index (χ1n) is 6.36. The molecule has 1 aliphatic rings. The number of carbonyl (C=O) groups is 1. The molecule has 1 fully saturated rings. The molecule has 0 aliphatic heterocycles. The summed E-state index contributed by atoms with van der Waals surface area (Å²) in [6.45, 7) is 0. The summed E-state index contributed by atoms with van der Waals surface area (Å²) in [4.78, 5) is 12.2. The molecule has 1 amide bonds. The molecular formula is C14H13BrF2N2O. The van der Waals surface area contributed by atoms with Crippen LogP contribution in [0.1, 0.15) is 32.1 Å². The highest BCUT2D eigenvalue weighted by Gasteiger charge is 2.40. The molecule has 1 aromatic carbocycles. The van der Waals surface area contributed by atoms with Crippen LogP contribution >= 0.6 is 15.9 Å². The van der Waals surface area contributed by atoms with Crippen molar-refractivity contribution in [1.29, 1.82) is 5.26 Å². The first-order valence-corrected chi connectivity index (χ1v) is 7.15. The van der Waals surface area contributed by atoms with Crippen LogP contribution in [0, 0.1) is 28.4 Å². The molecule has 1 saturated carbocycles. The monoisotopic (exact) mass is 342 g/mol. The van der Waals surface area contributed by atoms with Gasteiger partial charge in [-0.15, -0.1) is 0 Å². The summed E-state index contributed by atoms with van der Waals surface area (Å²) in [5.74, 6) is -2.36. The van der Waals surface area contributed by atoms with Crippen LogP contribution in [0.25, 0.3) is 0 Å². The lowest BCUT2D eigenvalue weighted by molar-refractivity contribution is -0.124. The van der Waals surface area contributed by atoms with Crippen molar-refractivity contribution < 1.29 is 13.6 Å². The van der Waals surface area contributed by atoms with Gasteiger partial charge in [0.2, 0.25) is 5.91 Å². The Labute approximate surface area is 124 Å². The Hall–Kier alpha value is -1.48. The molecule has 6 heteroatoms. The lowest BCUT2D eigenvalue weighted by Crippen LogP contribution is -2.37. The van der Waals surface area contributed by atoms with Crippen molar-refractivity contribution in [2.75, 3.05) is 5.32 Å².